The molecule has 1 aromatic heterocycles. The molecule has 0 amide bonds. The van der Waals surface area contributed by atoms with Gasteiger partial charge in [0.05, 0.1) is 10.6 Å². The quantitative estimate of drug-likeness (QED) is 0.223. The Labute approximate surface area is 205 Å². The molecule has 0 saturated heterocycles. The van der Waals surface area contributed by atoms with Crippen LogP contribution >= 0.6 is 32.5 Å². The van der Waals surface area contributed by atoms with Crippen molar-refractivity contribution in [2.75, 3.05) is 5.75 Å². The highest BCUT2D eigenvalue weighted by Crippen LogP contribution is 2.45. The molecule has 1 aliphatic carbocycles. The number of alkyl halides is 1. The van der Waals surface area contributed by atoms with Gasteiger partial charge in [-0.15, -0.1) is 32.5 Å². The van der Waals surface area contributed by atoms with Crippen molar-refractivity contribution < 1.29 is 9.90 Å². The van der Waals surface area contributed by atoms with Gasteiger partial charge >= 0.3 is 0 Å². The van der Waals surface area contributed by atoms with Crippen molar-refractivity contribution in [2.45, 2.75) is 62.3 Å². The molecule has 0 fully saturated rings. The first-order valence-electron chi connectivity index (χ1n) is 11.5. The third-order valence-electron chi connectivity index (χ3n) is 6.52. The smallest absolute Gasteiger partial charge is 0.167 e. The van der Waals surface area contributed by atoms with Gasteiger partial charge in [0, 0.05) is 28.7 Å². The van der Waals surface area contributed by atoms with Gasteiger partial charge in [-0.2, -0.15) is 0 Å². The zero-order chi connectivity index (χ0) is 22.8. The number of hydrogen-bond acceptors (Lipinski definition) is 4. The zero-order valence-electron chi connectivity index (χ0n) is 19.3. The first-order chi connectivity index (χ1) is 15.4. The number of aliphatic hydroxyl groups excluding tert-OH is 1. The minimum Gasteiger partial charge on any atom is -0.512 e. The molecule has 1 N–H and O–H groups in total. The second-order valence-corrected chi connectivity index (χ2v) is 12.8. The molecule has 3 atom stereocenters. The molecule has 4 rings (SSSR count). The number of pyridine rings is 1. The SMILES string of the molecule is CCc1cc(C)cc(CC)c1C1=C(O)CC(C(CSc2ccc(C)cn2)C2C=I2)CC1=O. The molecule has 0 saturated carbocycles. The average molecular weight is 562 g/mol. The second kappa shape index (κ2) is 10.2. The lowest BCUT2D eigenvalue weighted by Gasteiger charge is -2.31. The number of Topliss-reactive ketones (excluding diaryl/α,β-unsaturated/α-hetero) is 1. The number of aliphatic hydroxyl groups is 1. The summed E-state index contributed by atoms with van der Waals surface area (Å²) in [7, 11) is 0. The third-order valence-corrected chi connectivity index (χ3v) is 10.1. The molecule has 170 valence electrons. The van der Waals surface area contributed by atoms with Crippen molar-refractivity contribution in [1.29, 1.82) is 0 Å². The molecule has 5 heteroatoms. The Balaban J connectivity index is 1.58. The summed E-state index contributed by atoms with van der Waals surface area (Å²) in [5, 5.41) is 12.2. The Morgan fingerprint density at radius 2 is 1.81 bits per heavy atom. The molecule has 0 bridgehead atoms. The fourth-order valence-electron chi connectivity index (χ4n) is 4.77. The van der Waals surface area contributed by atoms with Crippen LogP contribution in [0.25, 0.3) is 5.57 Å². The predicted octanol–water partition coefficient (Wildman–Crippen LogP) is 6.64. The maximum absolute atomic E-state index is 13.5. The first-order valence-corrected chi connectivity index (χ1v) is 15.0. The zero-order valence-corrected chi connectivity index (χ0v) is 22.3. The number of halogens is 1. The van der Waals surface area contributed by atoms with Crippen molar-refractivity contribution >= 4 is 47.9 Å². The predicted molar refractivity (Wildman–Crippen MR) is 144 cm³/mol. The van der Waals surface area contributed by atoms with Crippen LogP contribution in [0.3, 0.4) is 0 Å². The van der Waals surface area contributed by atoms with Gasteiger partial charge < -0.3 is 5.11 Å². The number of allylic oxidation sites excluding steroid dienone is 2. The van der Waals surface area contributed by atoms with Gasteiger partial charge in [-0.05, 0) is 70.9 Å². The van der Waals surface area contributed by atoms with E-state index in [1.807, 2.05) is 6.20 Å². The summed E-state index contributed by atoms with van der Waals surface area (Å²) in [5.41, 5.74) is 6.33. The van der Waals surface area contributed by atoms with E-state index >= 15 is 0 Å². The molecule has 1 aliphatic heterocycles. The number of thioether (sulfide) groups is 1. The van der Waals surface area contributed by atoms with Crippen molar-refractivity contribution in [3.63, 3.8) is 0 Å². The van der Waals surface area contributed by atoms with Crippen LogP contribution in [-0.2, 0) is 17.6 Å². The number of carbonyl (C=O) groups excluding carboxylic acids is 1. The highest BCUT2D eigenvalue weighted by molar-refractivity contribution is 14.2. The maximum atomic E-state index is 13.5. The number of aromatic nitrogens is 1. The van der Waals surface area contributed by atoms with Crippen LogP contribution in [0.4, 0.5) is 0 Å². The van der Waals surface area contributed by atoms with E-state index < -0.39 is 0 Å². The van der Waals surface area contributed by atoms with Crippen molar-refractivity contribution in [2.24, 2.45) is 11.8 Å². The van der Waals surface area contributed by atoms with Crippen LogP contribution in [0.5, 0.6) is 0 Å². The average Bonchev–Trinajstić information content (AvgIpc) is 3.60. The minimum atomic E-state index is 0.120. The maximum Gasteiger partial charge on any atom is 0.167 e. The van der Waals surface area contributed by atoms with E-state index in [0.717, 1.165) is 29.2 Å². The molecule has 1 aromatic carbocycles. The molecule has 32 heavy (non-hydrogen) atoms. The Morgan fingerprint density at radius 1 is 1.12 bits per heavy atom. The fraction of sp³-hybridized carbons (Fsp3) is 0.444. The molecular weight excluding hydrogens is 529 g/mol. The summed E-state index contributed by atoms with van der Waals surface area (Å²) in [6, 6.07) is 8.53. The Morgan fingerprint density at radius 3 is 2.34 bits per heavy atom. The molecule has 2 aromatic rings. The highest BCUT2D eigenvalue weighted by Gasteiger charge is 2.39. The van der Waals surface area contributed by atoms with Gasteiger partial charge in [-0.1, -0.05) is 37.6 Å². The van der Waals surface area contributed by atoms with E-state index in [-0.39, 0.29) is 32.4 Å². The Bertz CT molecular complexity index is 1040. The molecular formula is C27H32INO2S. The summed E-state index contributed by atoms with van der Waals surface area (Å²) in [4.78, 5) is 18.0. The van der Waals surface area contributed by atoms with Crippen LogP contribution in [0.15, 0.2) is 41.2 Å². The first kappa shape index (κ1) is 23.7. The lowest BCUT2D eigenvalue weighted by Crippen LogP contribution is -2.30. The number of ketones is 1. The molecule has 2 heterocycles. The van der Waals surface area contributed by atoms with E-state index in [9.17, 15) is 9.90 Å². The van der Waals surface area contributed by atoms with Gasteiger partial charge in [0.15, 0.2) is 5.78 Å². The van der Waals surface area contributed by atoms with E-state index in [4.69, 9.17) is 0 Å². The van der Waals surface area contributed by atoms with E-state index in [0.29, 0.717) is 34.0 Å². The van der Waals surface area contributed by atoms with Crippen LogP contribution in [0, 0.1) is 25.7 Å². The van der Waals surface area contributed by atoms with Crippen molar-refractivity contribution in [3.05, 3.63) is 64.0 Å². The lowest BCUT2D eigenvalue weighted by molar-refractivity contribution is -0.115. The largest absolute Gasteiger partial charge is 0.512 e. The Hall–Kier alpha value is -1.47. The normalized spacial score (nSPS) is 21.4. The van der Waals surface area contributed by atoms with E-state index in [1.165, 1.54) is 22.3 Å². The standard InChI is InChI=1S/C27H32INO2S/c1-5-18-9-17(4)10-19(6-2)26(18)27-23(30)11-20(12-24(27)31)21(22-13-28-22)15-32-25-8-7-16(3)14-29-25/h7-10,13-14,20-22,30H,5-6,11-12,15H2,1-4H3. The fourth-order valence-corrected chi connectivity index (χ4v) is 8.40. The third kappa shape index (κ3) is 5.19. The summed E-state index contributed by atoms with van der Waals surface area (Å²) in [6.45, 7) is 8.42. The number of carbonyl (C=O) groups is 1. The molecule has 2 aliphatic rings. The number of aryl methyl sites for hydroxylation is 4. The van der Waals surface area contributed by atoms with Crippen LogP contribution in [0.1, 0.15) is 54.5 Å². The molecule has 0 radical (unpaired) electrons. The molecule has 0 spiro atoms. The van der Waals surface area contributed by atoms with Crippen molar-refractivity contribution in [3.8, 4) is 0 Å². The topological polar surface area (TPSA) is 50.2 Å². The molecule has 3 nitrogen and oxygen atoms in total. The number of hydrogen-bond donors (Lipinski definition) is 1. The van der Waals surface area contributed by atoms with Crippen molar-refractivity contribution in [1.82, 2.24) is 4.98 Å². The highest BCUT2D eigenvalue weighted by atomic mass is 127. The second-order valence-electron chi connectivity index (χ2n) is 8.92. The summed E-state index contributed by atoms with van der Waals surface area (Å²) < 4.78 is 3.12. The van der Waals surface area contributed by atoms with E-state index in [1.54, 1.807) is 11.8 Å². The number of rotatable bonds is 8. The van der Waals surface area contributed by atoms with Gasteiger partial charge in [0.2, 0.25) is 0 Å². The monoisotopic (exact) mass is 561 g/mol. The summed E-state index contributed by atoms with van der Waals surface area (Å²) >= 11 is 1.94. The lowest BCUT2D eigenvalue weighted by atomic mass is 9.75. The summed E-state index contributed by atoms with van der Waals surface area (Å²) in [6.07, 6.45) is 4.79. The summed E-state index contributed by atoms with van der Waals surface area (Å²) in [5.74, 6) is 2.05. The van der Waals surface area contributed by atoms with Gasteiger partial charge in [0.1, 0.15) is 5.76 Å². The van der Waals surface area contributed by atoms with Crippen LogP contribution in [-0.4, -0.2) is 29.6 Å². The minimum absolute atomic E-state index is 0.120. The number of nitrogens with zero attached hydrogens (tertiary/aromatic N) is 1. The number of benzene rings is 1. The van der Waals surface area contributed by atoms with Gasteiger partial charge in [0.25, 0.3) is 0 Å². The van der Waals surface area contributed by atoms with Crippen LogP contribution in [0.2, 0.25) is 0 Å². The van der Waals surface area contributed by atoms with E-state index in [2.05, 4.69) is 61.0 Å². The van der Waals surface area contributed by atoms with Crippen LogP contribution < -0.4 is 0 Å². The Kier molecular flexibility index (Phi) is 7.55. The van der Waals surface area contributed by atoms with Gasteiger partial charge in [-0.3, -0.25) is 4.79 Å². The molecule has 3 unspecified atom stereocenters. The van der Waals surface area contributed by atoms with Gasteiger partial charge in [-0.25, -0.2) is 4.98 Å².